The van der Waals surface area contributed by atoms with Crippen molar-refractivity contribution in [2.24, 2.45) is 0 Å². The zero-order valence-electron chi connectivity index (χ0n) is 6.52. The van der Waals surface area contributed by atoms with Gasteiger partial charge in [-0.25, -0.2) is 4.98 Å². The largest absolute Gasteiger partial charge is 0.417 e. The summed E-state index contributed by atoms with van der Waals surface area (Å²) in [6, 6.07) is 1.03. The Bertz CT molecular complexity index is 313. The second kappa shape index (κ2) is 3.88. The van der Waals surface area contributed by atoms with Gasteiger partial charge in [0.05, 0.1) is 10.0 Å². The molecule has 1 nitrogen and oxygen atoms in total. The molecule has 13 heavy (non-hydrogen) atoms. The molecule has 0 aliphatic carbocycles. The second-order valence-electron chi connectivity index (χ2n) is 2.21. The van der Waals surface area contributed by atoms with E-state index in [4.69, 9.17) is 0 Å². The second-order valence-corrected chi connectivity index (χ2v) is 3.86. The lowest BCUT2D eigenvalue weighted by molar-refractivity contribution is -0.137. The highest BCUT2D eigenvalue weighted by atomic mass is 79.9. The summed E-state index contributed by atoms with van der Waals surface area (Å²) in [6.07, 6.45) is -1.75. The number of halogens is 4. The summed E-state index contributed by atoms with van der Waals surface area (Å²) in [5.74, 6) is 0. The summed E-state index contributed by atoms with van der Waals surface area (Å²) in [6.45, 7) is 0. The minimum absolute atomic E-state index is 0.370. The first-order valence-corrected chi connectivity index (χ1v) is 5.23. The lowest BCUT2D eigenvalue weighted by atomic mass is 10.3. The molecule has 0 saturated heterocycles. The molecule has 1 heterocycles. The monoisotopic (exact) mass is 271 g/mol. The van der Waals surface area contributed by atoms with E-state index < -0.39 is 11.7 Å². The zero-order valence-corrected chi connectivity index (χ0v) is 8.92. The van der Waals surface area contributed by atoms with Crippen LogP contribution in [0.25, 0.3) is 0 Å². The molecule has 6 heteroatoms. The molecule has 0 unspecified atom stereocenters. The number of hydrogen-bond donors (Lipinski definition) is 0. The molecule has 0 radical (unpaired) electrons. The summed E-state index contributed by atoms with van der Waals surface area (Å²) >= 11 is 4.31. The number of alkyl halides is 3. The number of rotatable bonds is 1. The Labute approximate surface area is 85.9 Å². The minimum atomic E-state index is -4.33. The highest BCUT2D eigenvalue weighted by Crippen LogP contribution is 2.33. The molecule has 1 aromatic heterocycles. The number of hydrogen-bond acceptors (Lipinski definition) is 2. The summed E-state index contributed by atoms with van der Waals surface area (Å²) in [5.41, 5.74) is -0.739. The number of aromatic nitrogens is 1. The fourth-order valence-electron chi connectivity index (χ4n) is 0.731. The topological polar surface area (TPSA) is 12.9 Å². The Morgan fingerprint density at radius 1 is 1.46 bits per heavy atom. The maximum atomic E-state index is 12.1. The molecular weight excluding hydrogens is 267 g/mol. The van der Waals surface area contributed by atoms with E-state index >= 15 is 0 Å². The van der Waals surface area contributed by atoms with Crippen LogP contribution in [0.4, 0.5) is 13.2 Å². The molecule has 0 atom stereocenters. The minimum Gasteiger partial charge on any atom is -0.248 e. The summed E-state index contributed by atoms with van der Waals surface area (Å²) in [4.78, 5) is 3.66. The van der Waals surface area contributed by atoms with E-state index in [9.17, 15) is 13.2 Å². The maximum Gasteiger partial charge on any atom is 0.417 e. The third-order valence-corrected chi connectivity index (χ3v) is 2.91. The predicted molar refractivity (Wildman–Crippen MR) is 48.7 cm³/mol. The average molecular weight is 272 g/mol. The number of nitrogens with zero attached hydrogens (tertiary/aromatic N) is 1. The molecule has 0 aliphatic heterocycles. The van der Waals surface area contributed by atoms with Gasteiger partial charge in [-0.1, -0.05) is 0 Å². The number of thioether (sulfide) groups is 1. The van der Waals surface area contributed by atoms with Crippen LogP contribution in [0.2, 0.25) is 0 Å². The van der Waals surface area contributed by atoms with Gasteiger partial charge in [-0.3, -0.25) is 0 Å². The van der Waals surface area contributed by atoms with E-state index in [0.717, 1.165) is 12.3 Å². The van der Waals surface area contributed by atoms with Crippen LogP contribution in [0.15, 0.2) is 21.8 Å². The van der Waals surface area contributed by atoms with Crippen LogP contribution in [-0.2, 0) is 6.18 Å². The Morgan fingerprint density at radius 3 is 2.46 bits per heavy atom. The summed E-state index contributed by atoms with van der Waals surface area (Å²) in [7, 11) is 0. The van der Waals surface area contributed by atoms with E-state index in [2.05, 4.69) is 20.9 Å². The molecule has 0 aliphatic rings. The highest BCUT2D eigenvalue weighted by Gasteiger charge is 2.31. The van der Waals surface area contributed by atoms with Gasteiger partial charge in [0.25, 0.3) is 0 Å². The van der Waals surface area contributed by atoms with Crippen molar-refractivity contribution in [1.82, 2.24) is 4.98 Å². The third kappa shape index (κ3) is 2.60. The van der Waals surface area contributed by atoms with Crippen molar-refractivity contribution in [2.75, 3.05) is 6.26 Å². The lowest BCUT2D eigenvalue weighted by Gasteiger charge is -2.07. The van der Waals surface area contributed by atoms with Crippen LogP contribution in [-0.4, -0.2) is 11.2 Å². The first kappa shape index (κ1) is 10.8. The van der Waals surface area contributed by atoms with Crippen molar-refractivity contribution in [1.29, 1.82) is 0 Å². The third-order valence-electron chi connectivity index (χ3n) is 1.33. The first-order chi connectivity index (χ1) is 5.95. The van der Waals surface area contributed by atoms with Crippen molar-refractivity contribution >= 4 is 27.7 Å². The van der Waals surface area contributed by atoms with E-state index in [1.165, 1.54) is 11.8 Å². The molecule has 72 valence electrons. The van der Waals surface area contributed by atoms with Crippen molar-refractivity contribution < 1.29 is 13.2 Å². The Kier molecular flexibility index (Phi) is 3.23. The predicted octanol–water partition coefficient (Wildman–Crippen LogP) is 3.58. The van der Waals surface area contributed by atoms with Gasteiger partial charge in [0.15, 0.2) is 0 Å². The van der Waals surface area contributed by atoms with Crippen LogP contribution < -0.4 is 0 Å². The summed E-state index contributed by atoms with van der Waals surface area (Å²) in [5, 5.41) is 0.549. The van der Waals surface area contributed by atoms with Gasteiger partial charge in [0.2, 0.25) is 0 Å². The lowest BCUT2D eigenvalue weighted by Crippen LogP contribution is -2.05. The highest BCUT2D eigenvalue weighted by molar-refractivity contribution is 9.10. The fourth-order valence-corrected chi connectivity index (χ4v) is 1.98. The van der Waals surface area contributed by atoms with E-state index in [1.807, 2.05) is 0 Å². The van der Waals surface area contributed by atoms with Crippen molar-refractivity contribution in [3.63, 3.8) is 0 Å². The fraction of sp³-hybridized carbons (Fsp3) is 0.286. The van der Waals surface area contributed by atoms with Crippen LogP contribution in [0.1, 0.15) is 5.56 Å². The Hall–Kier alpha value is -0.230. The molecule has 0 fully saturated rings. The molecular formula is C7H5BrF3NS. The molecule has 1 aromatic rings. The zero-order chi connectivity index (χ0) is 10.1. The molecule has 0 N–H and O–H groups in total. The normalized spacial score (nSPS) is 11.8. The van der Waals surface area contributed by atoms with Gasteiger partial charge in [-0.2, -0.15) is 13.2 Å². The molecule has 0 spiro atoms. The molecule has 0 amide bonds. The molecule has 0 bridgehead atoms. The average Bonchev–Trinajstić information content (AvgIpc) is 2.02. The Morgan fingerprint density at radius 2 is 2.08 bits per heavy atom. The van der Waals surface area contributed by atoms with Crippen molar-refractivity contribution in [3.8, 4) is 0 Å². The van der Waals surface area contributed by atoms with Crippen LogP contribution in [0.5, 0.6) is 0 Å². The molecule has 1 rings (SSSR count). The molecule has 0 saturated carbocycles. The van der Waals surface area contributed by atoms with Gasteiger partial charge in [-0.05, 0) is 28.3 Å². The standard InChI is InChI=1S/C7H5BrF3NS/c1-13-6-5(8)2-4(3-12-6)7(9,10)11/h2-3H,1H3. The summed E-state index contributed by atoms with van der Waals surface area (Å²) < 4.78 is 36.8. The van der Waals surface area contributed by atoms with E-state index in [1.54, 1.807) is 6.26 Å². The molecule has 0 aromatic carbocycles. The Balaban J connectivity index is 3.10. The van der Waals surface area contributed by atoms with E-state index in [-0.39, 0.29) is 0 Å². The SMILES string of the molecule is CSc1ncc(C(F)(F)F)cc1Br. The van der Waals surface area contributed by atoms with Gasteiger partial charge < -0.3 is 0 Å². The van der Waals surface area contributed by atoms with Crippen LogP contribution in [0, 0.1) is 0 Å². The van der Waals surface area contributed by atoms with E-state index in [0.29, 0.717) is 9.50 Å². The number of pyridine rings is 1. The van der Waals surface area contributed by atoms with Crippen molar-refractivity contribution in [2.45, 2.75) is 11.2 Å². The van der Waals surface area contributed by atoms with Crippen LogP contribution >= 0.6 is 27.7 Å². The quantitative estimate of drug-likeness (QED) is 0.725. The first-order valence-electron chi connectivity index (χ1n) is 3.22. The van der Waals surface area contributed by atoms with Gasteiger partial charge in [-0.15, -0.1) is 11.8 Å². The smallest absolute Gasteiger partial charge is 0.248 e. The van der Waals surface area contributed by atoms with Crippen molar-refractivity contribution in [3.05, 3.63) is 22.3 Å². The van der Waals surface area contributed by atoms with Gasteiger partial charge >= 0.3 is 6.18 Å². The van der Waals surface area contributed by atoms with Crippen LogP contribution in [0.3, 0.4) is 0 Å². The van der Waals surface area contributed by atoms with Gasteiger partial charge in [0.1, 0.15) is 5.03 Å². The van der Waals surface area contributed by atoms with Gasteiger partial charge in [0, 0.05) is 6.20 Å². The maximum absolute atomic E-state index is 12.1.